The highest BCUT2D eigenvalue weighted by Gasteiger charge is 2.59. The molecule has 0 aliphatic heterocycles. The SMILES string of the molecule is CC1(C)c2ccccc2-c2ccc(N(c3cccc(-c4cc(-c5ccccc5)cc(-c5ccccc5)c4)c3)c3cccc4c3-c3ccccc3C43c4ccccc4C4(c5ccccc5-c5ccccc54)c4ccccc43)cc21. The molecule has 0 atom stereocenters. The van der Waals surface area contributed by atoms with E-state index in [-0.39, 0.29) is 5.41 Å². The van der Waals surface area contributed by atoms with Crippen molar-refractivity contribution in [2.45, 2.75) is 30.1 Å². The van der Waals surface area contributed by atoms with Gasteiger partial charge in [0.25, 0.3) is 0 Å². The third-order valence-electron chi connectivity index (χ3n) is 18.1. The number of nitrogens with zero attached hydrogens (tertiary/aromatic N) is 1. The second kappa shape index (κ2) is 16.7. The van der Waals surface area contributed by atoms with Gasteiger partial charge in [-0.15, -0.1) is 0 Å². The zero-order valence-electron chi connectivity index (χ0n) is 43.6. The van der Waals surface area contributed by atoms with E-state index in [0.717, 1.165) is 22.6 Å². The van der Waals surface area contributed by atoms with E-state index < -0.39 is 10.8 Å². The molecular formula is C77H53N. The first-order valence-electron chi connectivity index (χ1n) is 27.5. The second-order valence-corrected chi connectivity index (χ2v) is 22.2. The standard InChI is InChI=1S/C77H53N/c1-75(2)63-33-13-9-29-58(63)61-44-43-57(49-72(61)75)78(56-28-21-27-52(48-56)55-46-53(50-23-5-3-6-24-50)45-54(47-55)51-25-7-4-8-26-51)73-42-22-41-71-74(73)62-32-12-16-36-66(62)77(71)69-39-19-17-37-67(69)76(68-38-18-20-40-70(68)77)64-34-14-10-30-59(64)60-31-11-15-35-65(60)76/h3-49H,1-2H3. The number of hydrogen-bond donors (Lipinski definition) is 0. The van der Waals surface area contributed by atoms with E-state index in [2.05, 4.69) is 304 Å². The van der Waals surface area contributed by atoms with Crippen LogP contribution in [0.3, 0.4) is 0 Å². The summed E-state index contributed by atoms with van der Waals surface area (Å²) in [5.74, 6) is 0. The molecule has 12 aromatic carbocycles. The summed E-state index contributed by atoms with van der Waals surface area (Å²) in [6.07, 6.45) is 0. The predicted molar refractivity (Wildman–Crippen MR) is 323 cm³/mol. The Kier molecular flexibility index (Phi) is 9.58. The Morgan fingerprint density at radius 1 is 0.231 bits per heavy atom. The molecular weight excluding hydrogens is 939 g/mol. The van der Waals surface area contributed by atoms with Crippen molar-refractivity contribution in [1.29, 1.82) is 0 Å². The Balaban J connectivity index is 0.962. The summed E-state index contributed by atoms with van der Waals surface area (Å²) in [6, 6.07) is 108. The lowest BCUT2D eigenvalue weighted by atomic mass is 9.52. The first kappa shape index (κ1) is 44.7. The number of anilines is 3. The Labute approximate surface area is 457 Å². The maximum Gasteiger partial charge on any atom is 0.0720 e. The molecule has 0 unspecified atom stereocenters. The van der Waals surface area contributed by atoms with Gasteiger partial charge in [0.2, 0.25) is 0 Å². The molecule has 0 radical (unpaired) electrons. The monoisotopic (exact) mass is 991 g/mol. The number of rotatable bonds is 6. The fourth-order valence-corrected chi connectivity index (χ4v) is 14.9. The lowest BCUT2D eigenvalue weighted by Gasteiger charge is -2.48. The minimum absolute atomic E-state index is 0.195. The van der Waals surface area contributed by atoms with Crippen LogP contribution in [0.2, 0.25) is 0 Å². The van der Waals surface area contributed by atoms with Crippen LogP contribution in [0.25, 0.3) is 66.8 Å². The zero-order chi connectivity index (χ0) is 51.7. The fourth-order valence-electron chi connectivity index (χ4n) is 14.9. The van der Waals surface area contributed by atoms with Crippen molar-refractivity contribution < 1.29 is 0 Å². The fraction of sp³-hybridized carbons (Fsp3) is 0.0649. The van der Waals surface area contributed by atoms with Gasteiger partial charge >= 0.3 is 0 Å². The van der Waals surface area contributed by atoms with Crippen molar-refractivity contribution in [3.8, 4) is 66.8 Å². The summed E-state index contributed by atoms with van der Waals surface area (Å²) in [5.41, 5.74) is 30.3. The van der Waals surface area contributed by atoms with Crippen molar-refractivity contribution in [2.75, 3.05) is 4.90 Å². The molecule has 4 aliphatic carbocycles. The number of hydrogen-bond acceptors (Lipinski definition) is 1. The molecule has 0 fully saturated rings. The molecule has 16 rings (SSSR count). The Morgan fingerprint density at radius 3 is 1.15 bits per heavy atom. The average molecular weight is 992 g/mol. The van der Waals surface area contributed by atoms with Crippen molar-refractivity contribution in [3.63, 3.8) is 0 Å². The smallest absolute Gasteiger partial charge is 0.0720 e. The van der Waals surface area contributed by atoms with Gasteiger partial charge in [0.05, 0.1) is 16.5 Å². The van der Waals surface area contributed by atoms with E-state index in [4.69, 9.17) is 0 Å². The van der Waals surface area contributed by atoms with Crippen molar-refractivity contribution in [2.24, 2.45) is 0 Å². The molecule has 0 heterocycles. The maximum absolute atomic E-state index is 2.57. The quantitative estimate of drug-likeness (QED) is 0.160. The van der Waals surface area contributed by atoms with Gasteiger partial charge in [0, 0.05) is 22.4 Å². The van der Waals surface area contributed by atoms with Gasteiger partial charge < -0.3 is 4.90 Å². The molecule has 0 saturated carbocycles. The second-order valence-electron chi connectivity index (χ2n) is 22.2. The lowest BCUT2D eigenvalue weighted by Crippen LogP contribution is -2.43. The third kappa shape index (κ3) is 6.02. The summed E-state index contributed by atoms with van der Waals surface area (Å²) in [4.78, 5) is 2.57. The normalized spacial score (nSPS) is 14.6. The van der Waals surface area contributed by atoms with Gasteiger partial charge in [-0.1, -0.05) is 250 Å². The zero-order valence-corrected chi connectivity index (χ0v) is 43.6. The molecule has 0 saturated heterocycles. The summed E-state index contributed by atoms with van der Waals surface area (Å²) >= 11 is 0. The van der Waals surface area contributed by atoms with Crippen molar-refractivity contribution >= 4 is 17.1 Å². The van der Waals surface area contributed by atoms with Crippen molar-refractivity contribution in [1.82, 2.24) is 0 Å². The summed E-state index contributed by atoms with van der Waals surface area (Å²) < 4.78 is 0. The van der Waals surface area contributed by atoms with Crippen LogP contribution in [0.4, 0.5) is 17.1 Å². The van der Waals surface area contributed by atoms with Crippen LogP contribution >= 0.6 is 0 Å². The molecule has 0 N–H and O–H groups in total. The van der Waals surface area contributed by atoms with Gasteiger partial charge in [-0.3, -0.25) is 0 Å². The maximum atomic E-state index is 2.57. The average Bonchev–Trinajstić information content (AvgIpc) is 4.26. The van der Waals surface area contributed by atoms with Gasteiger partial charge in [-0.05, 0) is 165 Å². The molecule has 0 bridgehead atoms. The minimum Gasteiger partial charge on any atom is -0.310 e. The van der Waals surface area contributed by atoms with Crippen LogP contribution < -0.4 is 4.90 Å². The Bertz CT molecular complexity index is 4270. The molecule has 12 aromatic rings. The topological polar surface area (TPSA) is 3.24 Å². The Hall–Kier alpha value is -9.56. The predicted octanol–water partition coefficient (Wildman–Crippen LogP) is 19.5. The van der Waals surface area contributed by atoms with E-state index in [0.29, 0.717) is 0 Å². The van der Waals surface area contributed by atoms with Gasteiger partial charge in [0.1, 0.15) is 0 Å². The van der Waals surface area contributed by atoms with E-state index in [1.807, 2.05) is 0 Å². The summed E-state index contributed by atoms with van der Waals surface area (Å²) in [6.45, 7) is 4.78. The van der Waals surface area contributed by atoms with Crippen LogP contribution in [0.15, 0.2) is 285 Å². The van der Waals surface area contributed by atoms with E-state index in [1.54, 1.807) is 0 Å². The largest absolute Gasteiger partial charge is 0.310 e. The van der Waals surface area contributed by atoms with Crippen LogP contribution in [0.1, 0.15) is 69.5 Å². The number of benzene rings is 12. The highest BCUT2D eigenvalue weighted by molar-refractivity contribution is 6.01. The molecule has 2 spiro atoms. The lowest BCUT2D eigenvalue weighted by molar-refractivity contribution is 0.633. The molecule has 1 heteroatoms. The van der Waals surface area contributed by atoms with Gasteiger partial charge in [-0.25, -0.2) is 0 Å². The first-order chi connectivity index (χ1) is 38.5. The van der Waals surface area contributed by atoms with Crippen LogP contribution in [-0.4, -0.2) is 0 Å². The van der Waals surface area contributed by atoms with Crippen LogP contribution in [-0.2, 0) is 16.2 Å². The number of fused-ring (bicyclic) bond motifs is 19. The van der Waals surface area contributed by atoms with Crippen molar-refractivity contribution in [3.05, 3.63) is 341 Å². The van der Waals surface area contributed by atoms with Crippen LogP contribution in [0, 0.1) is 0 Å². The minimum atomic E-state index is -0.631. The third-order valence-corrected chi connectivity index (χ3v) is 18.1. The van der Waals surface area contributed by atoms with E-state index >= 15 is 0 Å². The highest BCUT2D eigenvalue weighted by atomic mass is 15.1. The molecule has 0 amide bonds. The summed E-state index contributed by atoms with van der Waals surface area (Å²) in [7, 11) is 0. The molecule has 78 heavy (non-hydrogen) atoms. The molecule has 366 valence electrons. The van der Waals surface area contributed by atoms with Crippen LogP contribution in [0.5, 0.6) is 0 Å². The van der Waals surface area contributed by atoms with E-state index in [1.165, 1.54) is 117 Å². The molecule has 4 aliphatic rings. The highest BCUT2D eigenvalue weighted by Crippen LogP contribution is 2.68. The van der Waals surface area contributed by atoms with Gasteiger partial charge in [-0.2, -0.15) is 0 Å². The summed E-state index contributed by atoms with van der Waals surface area (Å²) in [5, 5.41) is 0. The Morgan fingerprint density at radius 2 is 0.603 bits per heavy atom. The first-order valence-corrected chi connectivity index (χ1v) is 27.5. The van der Waals surface area contributed by atoms with Gasteiger partial charge in [0.15, 0.2) is 0 Å². The molecule has 1 nitrogen and oxygen atoms in total. The molecule has 0 aromatic heterocycles. The van der Waals surface area contributed by atoms with E-state index in [9.17, 15) is 0 Å².